The number of urea groups is 1. The molecular weight excluding hydrogens is 306 g/mol. The van der Waals surface area contributed by atoms with Crippen molar-refractivity contribution in [2.45, 2.75) is 45.1 Å². The number of likely N-dealkylation sites (tertiary alicyclic amines) is 1. The smallest absolute Gasteiger partial charge is 0.322 e. The predicted molar refractivity (Wildman–Crippen MR) is 89.5 cm³/mol. The van der Waals surface area contributed by atoms with Gasteiger partial charge in [-0.15, -0.1) is 0 Å². The lowest BCUT2D eigenvalue weighted by Gasteiger charge is -2.37. The molecule has 128 valence electrons. The summed E-state index contributed by atoms with van der Waals surface area (Å²) in [7, 11) is 0. The van der Waals surface area contributed by atoms with Gasteiger partial charge in [0.1, 0.15) is 5.54 Å². The van der Waals surface area contributed by atoms with Gasteiger partial charge in [0.25, 0.3) is 5.91 Å². The molecule has 0 aromatic heterocycles. The zero-order valence-corrected chi connectivity index (χ0v) is 14.1. The van der Waals surface area contributed by atoms with E-state index in [1.165, 1.54) is 16.7 Å². The van der Waals surface area contributed by atoms with Crippen molar-refractivity contribution >= 4 is 17.8 Å². The van der Waals surface area contributed by atoms with Gasteiger partial charge in [0, 0.05) is 19.5 Å². The fourth-order valence-electron chi connectivity index (χ4n) is 3.54. The van der Waals surface area contributed by atoms with Gasteiger partial charge in [0.2, 0.25) is 5.91 Å². The molecular formula is C18H23N3O3. The maximum atomic E-state index is 12.4. The summed E-state index contributed by atoms with van der Waals surface area (Å²) in [5.41, 5.74) is 2.82. The molecule has 0 atom stereocenters. The van der Waals surface area contributed by atoms with Gasteiger partial charge in [-0.2, -0.15) is 0 Å². The SMILES string of the molecule is Cc1ccc(CCC(=O)N2CCC3(CC2)NC(=O)NC3=O)c(C)c1. The van der Waals surface area contributed by atoms with E-state index in [1.807, 2.05) is 0 Å². The van der Waals surface area contributed by atoms with Crippen LogP contribution in [0.15, 0.2) is 18.2 Å². The molecule has 2 aliphatic heterocycles. The molecule has 0 aliphatic carbocycles. The summed E-state index contributed by atoms with van der Waals surface area (Å²) < 4.78 is 0. The monoisotopic (exact) mass is 329 g/mol. The van der Waals surface area contributed by atoms with Crippen molar-refractivity contribution < 1.29 is 14.4 Å². The van der Waals surface area contributed by atoms with Gasteiger partial charge in [-0.3, -0.25) is 14.9 Å². The Kier molecular flexibility index (Phi) is 4.30. The van der Waals surface area contributed by atoms with Crippen molar-refractivity contribution in [3.05, 3.63) is 34.9 Å². The molecule has 0 bridgehead atoms. The molecule has 6 heteroatoms. The third kappa shape index (κ3) is 3.13. The standard InChI is InChI=1S/C18H23N3O3/c1-12-3-4-14(13(2)11-12)5-6-15(22)21-9-7-18(8-10-21)16(23)19-17(24)20-18/h3-4,11H,5-10H2,1-2H3,(H2,19,20,23,24). The first-order chi connectivity index (χ1) is 11.4. The maximum absolute atomic E-state index is 12.4. The molecule has 2 fully saturated rings. The van der Waals surface area contributed by atoms with Crippen LogP contribution in [0, 0.1) is 13.8 Å². The first-order valence-electron chi connectivity index (χ1n) is 8.37. The van der Waals surface area contributed by atoms with Crippen LogP contribution >= 0.6 is 0 Å². The normalized spacial score (nSPS) is 19.3. The largest absolute Gasteiger partial charge is 0.342 e. The van der Waals surface area contributed by atoms with Crippen LogP contribution in [0.5, 0.6) is 0 Å². The van der Waals surface area contributed by atoms with Crippen molar-refractivity contribution in [1.29, 1.82) is 0 Å². The van der Waals surface area contributed by atoms with E-state index in [9.17, 15) is 14.4 Å². The van der Waals surface area contributed by atoms with Gasteiger partial charge in [0.05, 0.1) is 0 Å². The fourth-order valence-corrected chi connectivity index (χ4v) is 3.54. The Labute approximate surface area is 141 Å². The van der Waals surface area contributed by atoms with Crippen LogP contribution in [-0.2, 0) is 16.0 Å². The highest BCUT2D eigenvalue weighted by atomic mass is 16.2. The highest BCUT2D eigenvalue weighted by molar-refractivity contribution is 6.07. The molecule has 2 aliphatic rings. The van der Waals surface area contributed by atoms with Crippen LogP contribution in [0.2, 0.25) is 0 Å². The number of carbonyl (C=O) groups is 3. The zero-order chi connectivity index (χ0) is 17.3. The average molecular weight is 329 g/mol. The molecule has 24 heavy (non-hydrogen) atoms. The molecule has 2 saturated heterocycles. The van der Waals surface area contributed by atoms with Crippen molar-refractivity contribution in [3.63, 3.8) is 0 Å². The van der Waals surface area contributed by atoms with Crippen LogP contribution in [0.4, 0.5) is 4.79 Å². The number of imide groups is 1. The highest BCUT2D eigenvalue weighted by Crippen LogP contribution is 2.26. The average Bonchev–Trinajstić information content (AvgIpc) is 2.80. The first kappa shape index (κ1) is 16.5. The van der Waals surface area contributed by atoms with E-state index in [0.717, 1.165) is 6.42 Å². The number of nitrogens with one attached hydrogen (secondary N) is 2. The molecule has 3 rings (SSSR count). The van der Waals surface area contributed by atoms with Crippen molar-refractivity contribution in [3.8, 4) is 0 Å². The number of rotatable bonds is 3. The maximum Gasteiger partial charge on any atom is 0.322 e. The number of aryl methyl sites for hydroxylation is 3. The lowest BCUT2D eigenvalue weighted by molar-refractivity contribution is -0.135. The molecule has 4 amide bonds. The Bertz CT molecular complexity index is 691. The molecule has 1 aromatic carbocycles. The second kappa shape index (κ2) is 6.26. The number of nitrogens with zero attached hydrogens (tertiary/aromatic N) is 1. The molecule has 1 spiro atoms. The summed E-state index contributed by atoms with van der Waals surface area (Å²) in [5.74, 6) is -0.163. The lowest BCUT2D eigenvalue weighted by Crippen LogP contribution is -2.55. The van der Waals surface area contributed by atoms with Gasteiger partial charge in [-0.1, -0.05) is 23.8 Å². The number of amides is 4. The third-order valence-corrected chi connectivity index (χ3v) is 5.09. The van der Waals surface area contributed by atoms with Gasteiger partial charge in [0.15, 0.2) is 0 Å². The summed E-state index contributed by atoms with van der Waals surface area (Å²) in [6, 6.07) is 5.85. The highest BCUT2D eigenvalue weighted by Gasteiger charge is 2.48. The van der Waals surface area contributed by atoms with E-state index in [-0.39, 0.29) is 11.8 Å². The Morgan fingerprint density at radius 1 is 1.21 bits per heavy atom. The second-order valence-electron chi connectivity index (χ2n) is 6.80. The van der Waals surface area contributed by atoms with Crippen molar-refractivity contribution in [1.82, 2.24) is 15.5 Å². The molecule has 2 heterocycles. The number of piperidine rings is 1. The quantitative estimate of drug-likeness (QED) is 0.824. The summed E-state index contributed by atoms with van der Waals surface area (Å²) in [5, 5.41) is 5.00. The minimum Gasteiger partial charge on any atom is -0.342 e. The molecule has 1 aromatic rings. The Hall–Kier alpha value is -2.37. The van der Waals surface area contributed by atoms with E-state index in [2.05, 4.69) is 42.7 Å². The van der Waals surface area contributed by atoms with E-state index in [1.54, 1.807) is 4.90 Å². The number of benzene rings is 1. The van der Waals surface area contributed by atoms with Crippen LogP contribution in [0.3, 0.4) is 0 Å². The summed E-state index contributed by atoms with van der Waals surface area (Å²) in [6.45, 7) is 5.13. The third-order valence-electron chi connectivity index (χ3n) is 5.09. The van der Waals surface area contributed by atoms with Crippen molar-refractivity contribution in [2.75, 3.05) is 13.1 Å². The molecule has 0 saturated carbocycles. The summed E-state index contributed by atoms with van der Waals surface area (Å²) in [4.78, 5) is 37.5. The van der Waals surface area contributed by atoms with E-state index >= 15 is 0 Å². The van der Waals surface area contributed by atoms with Crippen LogP contribution in [0.25, 0.3) is 0 Å². The minimum absolute atomic E-state index is 0.106. The zero-order valence-electron chi connectivity index (χ0n) is 14.1. The molecule has 0 radical (unpaired) electrons. The van der Waals surface area contributed by atoms with Gasteiger partial charge >= 0.3 is 6.03 Å². The van der Waals surface area contributed by atoms with E-state index in [4.69, 9.17) is 0 Å². The van der Waals surface area contributed by atoms with Gasteiger partial charge < -0.3 is 10.2 Å². The fraction of sp³-hybridized carbons (Fsp3) is 0.500. The number of hydrogen-bond donors (Lipinski definition) is 2. The minimum atomic E-state index is -0.818. The number of carbonyl (C=O) groups excluding carboxylic acids is 3. The number of hydrogen-bond acceptors (Lipinski definition) is 3. The van der Waals surface area contributed by atoms with Crippen LogP contribution in [-0.4, -0.2) is 41.4 Å². The van der Waals surface area contributed by atoms with E-state index < -0.39 is 11.6 Å². The Morgan fingerprint density at radius 3 is 2.50 bits per heavy atom. The van der Waals surface area contributed by atoms with E-state index in [0.29, 0.717) is 32.4 Å². The lowest BCUT2D eigenvalue weighted by atomic mass is 9.87. The molecule has 0 unspecified atom stereocenters. The van der Waals surface area contributed by atoms with Crippen molar-refractivity contribution in [2.24, 2.45) is 0 Å². The molecule has 6 nitrogen and oxygen atoms in total. The topological polar surface area (TPSA) is 78.5 Å². The second-order valence-corrected chi connectivity index (χ2v) is 6.80. The van der Waals surface area contributed by atoms with Gasteiger partial charge in [-0.05, 0) is 44.2 Å². The first-order valence-corrected chi connectivity index (χ1v) is 8.37. The van der Waals surface area contributed by atoms with Gasteiger partial charge in [-0.25, -0.2) is 4.79 Å². The molecule has 2 N–H and O–H groups in total. The summed E-state index contributed by atoms with van der Waals surface area (Å²) in [6.07, 6.45) is 2.14. The summed E-state index contributed by atoms with van der Waals surface area (Å²) >= 11 is 0. The van der Waals surface area contributed by atoms with Crippen LogP contribution < -0.4 is 10.6 Å². The Balaban J connectivity index is 1.54. The van der Waals surface area contributed by atoms with Crippen LogP contribution in [0.1, 0.15) is 36.0 Å². The predicted octanol–water partition coefficient (Wildman–Crippen LogP) is 1.44. The Morgan fingerprint density at radius 2 is 1.92 bits per heavy atom.